The molecule has 1 N–H and O–H groups in total. The van der Waals surface area contributed by atoms with E-state index in [9.17, 15) is 8.42 Å². The molecule has 0 saturated carbocycles. The SMILES string of the molecule is Cc1nn(C)c(C)c1S(=O)(=O)Nc1ncccc1Cl. The molecule has 0 aliphatic carbocycles. The van der Waals surface area contributed by atoms with Gasteiger partial charge in [-0.3, -0.25) is 9.40 Å². The first kappa shape index (κ1) is 13.8. The molecule has 0 aromatic carbocycles. The van der Waals surface area contributed by atoms with E-state index in [0.717, 1.165) is 0 Å². The second-order valence-corrected chi connectivity index (χ2v) is 6.09. The van der Waals surface area contributed by atoms with Crippen molar-refractivity contribution in [1.29, 1.82) is 0 Å². The molecular weight excluding hydrogens is 288 g/mol. The highest BCUT2D eigenvalue weighted by atomic mass is 35.5. The van der Waals surface area contributed by atoms with Gasteiger partial charge < -0.3 is 0 Å². The Kier molecular flexibility index (Phi) is 3.51. The van der Waals surface area contributed by atoms with Crippen LogP contribution in [0.3, 0.4) is 0 Å². The minimum atomic E-state index is -3.76. The Morgan fingerprint density at radius 1 is 1.37 bits per heavy atom. The number of hydrogen-bond acceptors (Lipinski definition) is 4. The van der Waals surface area contributed by atoms with Crippen LogP contribution in [0.15, 0.2) is 23.2 Å². The summed E-state index contributed by atoms with van der Waals surface area (Å²) in [7, 11) is -2.07. The summed E-state index contributed by atoms with van der Waals surface area (Å²) in [5.74, 6) is 0.104. The summed E-state index contributed by atoms with van der Waals surface area (Å²) in [5, 5.41) is 4.33. The van der Waals surface area contributed by atoms with E-state index in [1.54, 1.807) is 33.0 Å². The average Bonchev–Trinajstić information content (AvgIpc) is 2.56. The zero-order valence-electron chi connectivity index (χ0n) is 10.7. The Hall–Kier alpha value is -1.60. The van der Waals surface area contributed by atoms with Crippen LogP contribution >= 0.6 is 11.6 Å². The monoisotopic (exact) mass is 300 g/mol. The fourth-order valence-corrected chi connectivity index (χ4v) is 3.48. The van der Waals surface area contributed by atoms with Crippen molar-refractivity contribution in [3.05, 3.63) is 34.7 Å². The molecule has 0 fully saturated rings. The molecule has 0 unspecified atom stereocenters. The first-order chi connectivity index (χ1) is 8.83. The van der Waals surface area contributed by atoms with Gasteiger partial charge in [0.25, 0.3) is 10.0 Å². The zero-order valence-corrected chi connectivity index (χ0v) is 12.2. The molecule has 2 aromatic heterocycles. The molecule has 0 aliphatic heterocycles. The predicted molar refractivity (Wildman–Crippen MR) is 72.7 cm³/mol. The van der Waals surface area contributed by atoms with Crippen LogP contribution in [0.5, 0.6) is 0 Å². The van der Waals surface area contributed by atoms with Gasteiger partial charge in [0.05, 0.1) is 16.4 Å². The van der Waals surface area contributed by atoms with Crippen LogP contribution in [0.25, 0.3) is 0 Å². The lowest BCUT2D eigenvalue weighted by Crippen LogP contribution is -2.16. The van der Waals surface area contributed by atoms with Gasteiger partial charge in [0.1, 0.15) is 4.90 Å². The van der Waals surface area contributed by atoms with Crippen molar-refractivity contribution in [2.75, 3.05) is 4.72 Å². The van der Waals surface area contributed by atoms with E-state index in [0.29, 0.717) is 11.4 Å². The molecule has 2 heterocycles. The Balaban J connectivity index is 2.47. The molecule has 102 valence electrons. The van der Waals surface area contributed by atoms with E-state index >= 15 is 0 Å². The predicted octanol–water partition coefficient (Wildman–Crippen LogP) is 1.89. The Bertz CT molecular complexity index is 724. The van der Waals surface area contributed by atoms with Crippen molar-refractivity contribution < 1.29 is 8.42 Å². The maximum atomic E-state index is 12.3. The first-order valence-electron chi connectivity index (χ1n) is 5.46. The minimum absolute atomic E-state index is 0.104. The molecule has 0 aliphatic rings. The summed E-state index contributed by atoms with van der Waals surface area (Å²) < 4.78 is 28.6. The second kappa shape index (κ2) is 4.82. The normalized spacial score (nSPS) is 11.6. The lowest BCUT2D eigenvalue weighted by molar-refractivity contribution is 0.599. The zero-order chi connectivity index (χ0) is 14.2. The third kappa shape index (κ3) is 2.57. The number of sulfonamides is 1. The molecule has 8 heteroatoms. The number of hydrogen-bond donors (Lipinski definition) is 1. The van der Waals surface area contributed by atoms with Gasteiger partial charge in [-0.25, -0.2) is 13.4 Å². The molecule has 2 aromatic rings. The Morgan fingerprint density at radius 3 is 2.58 bits per heavy atom. The van der Waals surface area contributed by atoms with E-state index in [2.05, 4.69) is 14.8 Å². The molecule has 0 saturated heterocycles. The first-order valence-corrected chi connectivity index (χ1v) is 7.32. The van der Waals surface area contributed by atoms with Crippen molar-refractivity contribution in [2.24, 2.45) is 7.05 Å². The van der Waals surface area contributed by atoms with Gasteiger partial charge in [-0.15, -0.1) is 0 Å². The number of nitrogens with one attached hydrogen (secondary N) is 1. The Labute approximate surface area is 116 Å². The molecule has 0 amide bonds. The van der Waals surface area contributed by atoms with E-state index < -0.39 is 10.0 Å². The number of aryl methyl sites for hydroxylation is 2. The van der Waals surface area contributed by atoms with Crippen molar-refractivity contribution >= 4 is 27.4 Å². The third-order valence-electron chi connectivity index (χ3n) is 2.70. The van der Waals surface area contributed by atoms with Crippen LogP contribution in [0.2, 0.25) is 5.02 Å². The Morgan fingerprint density at radius 2 is 2.05 bits per heavy atom. The number of aromatic nitrogens is 3. The van der Waals surface area contributed by atoms with E-state index in [1.165, 1.54) is 10.9 Å². The largest absolute Gasteiger partial charge is 0.271 e. The van der Waals surface area contributed by atoms with E-state index in [-0.39, 0.29) is 15.7 Å². The molecule has 19 heavy (non-hydrogen) atoms. The summed E-state index contributed by atoms with van der Waals surface area (Å²) in [6.45, 7) is 3.33. The molecule has 2 rings (SSSR count). The summed E-state index contributed by atoms with van der Waals surface area (Å²) >= 11 is 5.89. The van der Waals surface area contributed by atoms with Gasteiger partial charge >= 0.3 is 0 Å². The highest BCUT2D eigenvalue weighted by Crippen LogP contribution is 2.24. The van der Waals surface area contributed by atoms with Crippen molar-refractivity contribution in [1.82, 2.24) is 14.8 Å². The molecule has 0 radical (unpaired) electrons. The smallest absolute Gasteiger partial charge is 0.266 e. The lowest BCUT2D eigenvalue weighted by Gasteiger charge is -2.08. The highest BCUT2D eigenvalue weighted by molar-refractivity contribution is 7.92. The fraction of sp³-hybridized carbons (Fsp3) is 0.273. The minimum Gasteiger partial charge on any atom is -0.271 e. The van der Waals surface area contributed by atoms with Gasteiger partial charge in [-0.05, 0) is 26.0 Å². The van der Waals surface area contributed by atoms with Crippen LogP contribution in [0, 0.1) is 13.8 Å². The number of pyridine rings is 1. The van der Waals surface area contributed by atoms with E-state index in [4.69, 9.17) is 11.6 Å². The molecular formula is C11H13ClN4O2S. The summed E-state index contributed by atoms with van der Waals surface area (Å²) in [6, 6.07) is 3.19. The van der Waals surface area contributed by atoms with Gasteiger partial charge in [-0.2, -0.15) is 5.10 Å². The summed E-state index contributed by atoms with van der Waals surface area (Å²) in [6.07, 6.45) is 1.46. The van der Waals surface area contributed by atoms with Crippen LogP contribution < -0.4 is 4.72 Å². The summed E-state index contributed by atoms with van der Waals surface area (Å²) in [4.78, 5) is 4.06. The highest BCUT2D eigenvalue weighted by Gasteiger charge is 2.24. The molecule has 0 atom stereocenters. The summed E-state index contributed by atoms with van der Waals surface area (Å²) in [5.41, 5.74) is 0.983. The topological polar surface area (TPSA) is 76.9 Å². The van der Waals surface area contributed by atoms with Crippen LogP contribution in [-0.2, 0) is 17.1 Å². The number of anilines is 1. The van der Waals surface area contributed by atoms with Crippen molar-refractivity contribution in [3.63, 3.8) is 0 Å². The van der Waals surface area contributed by atoms with Crippen molar-refractivity contribution in [3.8, 4) is 0 Å². The van der Waals surface area contributed by atoms with Crippen LogP contribution in [0.1, 0.15) is 11.4 Å². The third-order valence-corrected chi connectivity index (χ3v) is 4.60. The standard InChI is InChI=1S/C11H13ClN4O2S/c1-7-10(8(2)16(3)14-7)19(17,18)15-11-9(12)5-4-6-13-11/h4-6H,1-3H3,(H,13,15). The molecule has 6 nitrogen and oxygen atoms in total. The lowest BCUT2D eigenvalue weighted by atomic mass is 10.4. The number of rotatable bonds is 3. The number of nitrogens with zero attached hydrogens (tertiary/aromatic N) is 3. The molecule has 0 bridgehead atoms. The number of halogens is 1. The van der Waals surface area contributed by atoms with Gasteiger partial charge in [0.2, 0.25) is 0 Å². The van der Waals surface area contributed by atoms with Crippen molar-refractivity contribution in [2.45, 2.75) is 18.7 Å². The van der Waals surface area contributed by atoms with Crippen LogP contribution in [0.4, 0.5) is 5.82 Å². The average molecular weight is 301 g/mol. The van der Waals surface area contributed by atoms with Gasteiger partial charge in [-0.1, -0.05) is 11.6 Å². The second-order valence-electron chi connectivity index (χ2n) is 4.06. The van der Waals surface area contributed by atoms with Crippen LogP contribution in [-0.4, -0.2) is 23.2 Å². The maximum Gasteiger partial charge on any atom is 0.266 e. The van der Waals surface area contributed by atoms with E-state index in [1.807, 2.05) is 0 Å². The van der Waals surface area contributed by atoms with Gasteiger partial charge in [0.15, 0.2) is 5.82 Å². The fourth-order valence-electron chi connectivity index (χ4n) is 1.78. The maximum absolute atomic E-state index is 12.3. The quantitative estimate of drug-likeness (QED) is 0.939. The van der Waals surface area contributed by atoms with Gasteiger partial charge in [0, 0.05) is 13.2 Å². The molecule has 0 spiro atoms.